The van der Waals surface area contributed by atoms with Gasteiger partial charge in [0.25, 0.3) is 5.89 Å². The molecular formula is C16H19N5O3S2. The zero-order valence-corrected chi connectivity index (χ0v) is 16.3. The zero-order valence-electron chi connectivity index (χ0n) is 14.7. The molecule has 0 amide bonds. The van der Waals surface area contributed by atoms with Gasteiger partial charge in [-0.1, -0.05) is 0 Å². The number of rotatable bonds is 4. The average Bonchev–Trinajstić information content (AvgIpc) is 3.35. The molecule has 3 aromatic rings. The highest BCUT2D eigenvalue weighted by Gasteiger charge is 2.40. The monoisotopic (exact) mass is 393 g/mol. The van der Waals surface area contributed by atoms with E-state index in [2.05, 4.69) is 15.3 Å². The summed E-state index contributed by atoms with van der Waals surface area (Å²) >= 11 is 1.57. The zero-order chi connectivity index (χ0) is 18.5. The van der Waals surface area contributed by atoms with Crippen molar-refractivity contribution in [3.8, 4) is 10.8 Å². The summed E-state index contributed by atoms with van der Waals surface area (Å²) in [4.78, 5) is 2.26. The fraction of sp³-hybridized carbons (Fsp3) is 0.438. The molecule has 1 aliphatic heterocycles. The predicted octanol–water partition coefficient (Wildman–Crippen LogP) is 2.67. The second-order valence-corrected chi connectivity index (χ2v) is 9.49. The second-order valence-electron chi connectivity index (χ2n) is 6.35. The van der Waals surface area contributed by atoms with Gasteiger partial charge in [-0.3, -0.25) is 4.68 Å². The van der Waals surface area contributed by atoms with E-state index in [-0.39, 0.29) is 4.90 Å². The molecule has 0 spiro atoms. The van der Waals surface area contributed by atoms with Gasteiger partial charge in [-0.05, 0) is 38.8 Å². The number of thiophene rings is 1. The maximum atomic E-state index is 13.1. The van der Waals surface area contributed by atoms with Crippen LogP contribution in [0, 0.1) is 13.8 Å². The largest absolute Gasteiger partial charge is 0.418 e. The predicted molar refractivity (Wildman–Crippen MR) is 96.2 cm³/mol. The summed E-state index contributed by atoms with van der Waals surface area (Å²) in [6.07, 6.45) is 2.80. The second kappa shape index (κ2) is 6.29. The number of hydrogen-bond acceptors (Lipinski definition) is 7. The van der Waals surface area contributed by atoms with Gasteiger partial charge in [-0.2, -0.15) is 9.40 Å². The Morgan fingerprint density at radius 2 is 2.08 bits per heavy atom. The fourth-order valence-electron chi connectivity index (χ4n) is 3.15. The maximum absolute atomic E-state index is 13.1. The van der Waals surface area contributed by atoms with Crippen LogP contribution in [-0.4, -0.2) is 39.2 Å². The Bertz CT molecular complexity index is 1050. The van der Waals surface area contributed by atoms with Gasteiger partial charge in [0.05, 0.1) is 16.8 Å². The lowest BCUT2D eigenvalue weighted by atomic mass is 10.2. The van der Waals surface area contributed by atoms with E-state index in [1.165, 1.54) is 10.5 Å². The van der Waals surface area contributed by atoms with Crippen molar-refractivity contribution in [1.82, 2.24) is 24.3 Å². The molecular weight excluding hydrogens is 374 g/mol. The van der Waals surface area contributed by atoms with Crippen LogP contribution in [0.4, 0.5) is 0 Å². The smallest absolute Gasteiger partial charge is 0.257 e. The first-order valence-electron chi connectivity index (χ1n) is 8.28. The Morgan fingerprint density at radius 1 is 1.27 bits per heavy atom. The summed E-state index contributed by atoms with van der Waals surface area (Å²) in [6.45, 7) is 4.18. The summed E-state index contributed by atoms with van der Waals surface area (Å²) in [6, 6.07) is 3.47. The van der Waals surface area contributed by atoms with Gasteiger partial charge in [0.2, 0.25) is 15.9 Å². The Kier molecular flexibility index (Phi) is 4.20. The van der Waals surface area contributed by atoms with Crippen LogP contribution in [0.15, 0.2) is 27.6 Å². The summed E-state index contributed by atoms with van der Waals surface area (Å²) in [5, 5.41) is 12.3. The minimum atomic E-state index is -3.67. The normalized spacial score (nSPS) is 18.7. The molecule has 26 heavy (non-hydrogen) atoms. The lowest BCUT2D eigenvalue weighted by Gasteiger charge is -2.21. The number of nitrogens with zero attached hydrogens (tertiary/aromatic N) is 5. The Labute approximate surface area is 155 Å². The maximum Gasteiger partial charge on any atom is 0.257 e. The molecule has 1 atom stereocenters. The minimum Gasteiger partial charge on any atom is -0.418 e. The molecule has 0 aliphatic carbocycles. The van der Waals surface area contributed by atoms with Gasteiger partial charge in [-0.25, -0.2) is 8.42 Å². The van der Waals surface area contributed by atoms with Gasteiger partial charge >= 0.3 is 0 Å². The molecule has 1 fully saturated rings. The molecule has 10 heteroatoms. The summed E-state index contributed by atoms with van der Waals surface area (Å²) in [5.41, 5.74) is 0.607. The van der Waals surface area contributed by atoms with Crippen LogP contribution >= 0.6 is 11.3 Å². The van der Waals surface area contributed by atoms with E-state index in [1.54, 1.807) is 30.0 Å². The van der Waals surface area contributed by atoms with Crippen molar-refractivity contribution in [2.24, 2.45) is 7.05 Å². The van der Waals surface area contributed by atoms with Crippen LogP contribution in [0.3, 0.4) is 0 Å². The SMILES string of the molecule is Cc1ccc(-c2nnc(C3CCCN3S(=O)(=O)c3cnn(C)c3C)o2)s1. The summed E-state index contributed by atoms with van der Waals surface area (Å²) in [5.74, 6) is 0.772. The topological polar surface area (TPSA) is 94.1 Å². The van der Waals surface area contributed by atoms with Crippen LogP contribution in [-0.2, 0) is 17.1 Å². The van der Waals surface area contributed by atoms with Crippen molar-refractivity contribution < 1.29 is 12.8 Å². The van der Waals surface area contributed by atoms with Crippen molar-refractivity contribution in [3.05, 3.63) is 34.8 Å². The van der Waals surface area contributed by atoms with E-state index in [1.807, 2.05) is 19.1 Å². The highest BCUT2D eigenvalue weighted by molar-refractivity contribution is 7.89. The van der Waals surface area contributed by atoms with E-state index in [4.69, 9.17) is 4.42 Å². The highest BCUT2D eigenvalue weighted by atomic mass is 32.2. The molecule has 4 rings (SSSR count). The first kappa shape index (κ1) is 17.4. The molecule has 0 radical (unpaired) electrons. The van der Waals surface area contributed by atoms with Crippen molar-refractivity contribution in [1.29, 1.82) is 0 Å². The molecule has 3 aromatic heterocycles. The number of sulfonamides is 1. The molecule has 0 bridgehead atoms. The Morgan fingerprint density at radius 3 is 2.73 bits per heavy atom. The first-order chi connectivity index (χ1) is 12.4. The van der Waals surface area contributed by atoms with Crippen molar-refractivity contribution in [3.63, 3.8) is 0 Å². The number of hydrogen-bond donors (Lipinski definition) is 0. The van der Waals surface area contributed by atoms with E-state index >= 15 is 0 Å². The van der Waals surface area contributed by atoms with Crippen LogP contribution in [0.1, 0.15) is 35.3 Å². The van der Waals surface area contributed by atoms with Crippen molar-refractivity contribution in [2.45, 2.75) is 37.6 Å². The standard InChI is InChI=1S/C16H19N5O3S2/c1-10-6-7-13(25-10)16-19-18-15(24-16)12-5-4-8-21(12)26(22,23)14-9-17-20(3)11(14)2/h6-7,9,12H,4-5,8H2,1-3H3. The van der Waals surface area contributed by atoms with Gasteiger partial charge in [0.1, 0.15) is 10.9 Å². The molecule has 138 valence electrons. The third kappa shape index (κ3) is 2.78. The van der Waals surface area contributed by atoms with E-state index in [0.29, 0.717) is 30.4 Å². The number of aryl methyl sites for hydroxylation is 2. The first-order valence-corrected chi connectivity index (χ1v) is 10.5. The fourth-order valence-corrected chi connectivity index (χ4v) is 5.78. The summed E-state index contributed by atoms with van der Waals surface area (Å²) in [7, 11) is -1.95. The van der Waals surface area contributed by atoms with E-state index in [9.17, 15) is 8.42 Å². The molecule has 1 unspecified atom stereocenters. The third-order valence-electron chi connectivity index (χ3n) is 4.66. The number of aromatic nitrogens is 4. The van der Waals surface area contributed by atoms with Crippen LogP contribution < -0.4 is 0 Å². The minimum absolute atomic E-state index is 0.223. The highest BCUT2D eigenvalue weighted by Crippen LogP contribution is 2.38. The van der Waals surface area contributed by atoms with E-state index in [0.717, 1.165) is 16.2 Å². The molecule has 4 heterocycles. The summed E-state index contributed by atoms with van der Waals surface area (Å²) < 4.78 is 35.1. The van der Waals surface area contributed by atoms with Crippen LogP contribution in [0.2, 0.25) is 0 Å². The lowest BCUT2D eigenvalue weighted by molar-refractivity contribution is 0.332. The van der Waals surface area contributed by atoms with Gasteiger partial charge in [0, 0.05) is 18.5 Å². The van der Waals surface area contributed by atoms with E-state index < -0.39 is 16.1 Å². The molecule has 1 aliphatic rings. The third-order valence-corrected chi connectivity index (χ3v) is 7.66. The molecule has 8 nitrogen and oxygen atoms in total. The van der Waals surface area contributed by atoms with Gasteiger partial charge in [0.15, 0.2) is 0 Å². The van der Waals surface area contributed by atoms with Crippen LogP contribution in [0.25, 0.3) is 10.8 Å². The molecule has 0 saturated carbocycles. The Hall–Kier alpha value is -2.04. The van der Waals surface area contributed by atoms with Crippen molar-refractivity contribution >= 4 is 21.4 Å². The average molecular weight is 393 g/mol. The molecule has 0 N–H and O–H groups in total. The molecule has 1 saturated heterocycles. The quantitative estimate of drug-likeness (QED) is 0.676. The van der Waals surface area contributed by atoms with Crippen LogP contribution in [0.5, 0.6) is 0 Å². The molecule has 0 aromatic carbocycles. The van der Waals surface area contributed by atoms with Gasteiger partial charge in [-0.15, -0.1) is 21.5 Å². The van der Waals surface area contributed by atoms with Gasteiger partial charge < -0.3 is 4.42 Å². The lowest BCUT2D eigenvalue weighted by Crippen LogP contribution is -2.31. The van der Waals surface area contributed by atoms with Crippen molar-refractivity contribution in [2.75, 3.05) is 6.54 Å². The Balaban J connectivity index is 1.67.